The number of nitrogens with zero attached hydrogens (tertiary/aromatic N) is 2. The van der Waals surface area contributed by atoms with Gasteiger partial charge in [-0.15, -0.1) is 0 Å². The molecule has 0 bridgehead atoms. The SMILES string of the molecule is CCCCCCCCCCCCC(=O)N(C(CCCCCCC)CCCCCCC)C(C(=O)NCC(=O)O)C1CCN(CC)CC1. The number of carbonyl (C=O) groups excluding carboxylic acids is 2. The number of amides is 2. The maximum Gasteiger partial charge on any atom is 0.322 e. The molecule has 7 nitrogen and oxygen atoms in total. The van der Waals surface area contributed by atoms with Crippen molar-refractivity contribution < 1.29 is 19.5 Å². The van der Waals surface area contributed by atoms with Crippen LogP contribution < -0.4 is 5.32 Å². The van der Waals surface area contributed by atoms with E-state index in [1.54, 1.807) is 0 Å². The van der Waals surface area contributed by atoms with E-state index < -0.39 is 18.6 Å². The highest BCUT2D eigenvalue weighted by molar-refractivity contribution is 5.90. The minimum absolute atomic E-state index is 0.0312. The predicted octanol–water partition coefficient (Wildman–Crippen LogP) is 9.52. The van der Waals surface area contributed by atoms with Gasteiger partial charge < -0.3 is 20.2 Å². The summed E-state index contributed by atoms with van der Waals surface area (Å²) in [7, 11) is 0. The molecule has 1 rings (SSSR count). The van der Waals surface area contributed by atoms with Crippen molar-refractivity contribution in [3.8, 4) is 0 Å². The highest BCUT2D eigenvalue weighted by Crippen LogP contribution is 2.30. The van der Waals surface area contributed by atoms with Crippen LogP contribution in [0.2, 0.25) is 0 Å². The Hall–Kier alpha value is -1.63. The largest absolute Gasteiger partial charge is 0.480 e. The van der Waals surface area contributed by atoms with E-state index in [0.717, 1.165) is 90.3 Å². The van der Waals surface area contributed by atoms with Crippen LogP contribution in [0.15, 0.2) is 0 Å². The molecule has 0 spiro atoms. The lowest BCUT2D eigenvalue weighted by Crippen LogP contribution is -2.59. The third kappa shape index (κ3) is 19.3. The van der Waals surface area contributed by atoms with Crippen molar-refractivity contribution in [2.75, 3.05) is 26.2 Å². The Bertz CT molecular complexity index is 754. The molecule has 2 amide bonds. The van der Waals surface area contributed by atoms with Gasteiger partial charge in [-0.05, 0) is 57.7 Å². The van der Waals surface area contributed by atoms with Crippen LogP contribution >= 0.6 is 0 Å². The van der Waals surface area contributed by atoms with Crippen LogP contribution in [0, 0.1) is 5.92 Å². The van der Waals surface area contributed by atoms with E-state index in [-0.39, 0.29) is 23.8 Å². The van der Waals surface area contributed by atoms with Gasteiger partial charge in [0.2, 0.25) is 11.8 Å². The third-order valence-corrected chi connectivity index (χ3v) is 10.2. The molecular formula is C39H75N3O4. The second-order valence-electron chi connectivity index (χ2n) is 14.1. The number of carboxylic acids is 1. The van der Waals surface area contributed by atoms with Crippen molar-refractivity contribution in [2.45, 2.75) is 200 Å². The molecule has 1 unspecified atom stereocenters. The lowest BCUT2D eigenvalue weighted by Gasteiger charge is -2.44. The van der Waals surface area contributed by atoms with Gasteiger partial charge in [0.1, 0.15) is 12.6 Å². The van der Waals surface area contributed by atoms with Gasteiger partial charge in [-0.3, -0.25) is 14.4 Å². The molecule has 0 aromatic carbocycles. The molecular weight excluding hydrogens is 574 g/mol. The second-order valence-corrected chi connectivity index (χ2v) is 14.1. The number of hydrogen-bond donors (Lipinski definition) is 2. The summed E-state index contributed by atoms with van der Waals surface area (Å²) in [5.74, 6) is -1.15. The Morgan fingerprint density at radius 2 is 1.11 bits per heavy atom. The summed E-state index contributed by atoms with van der Waals surface area (Å²) in [6.45, 7) is 11.3. The monoisotopic (exact) mass is 650 g/mol. The minimum atomic E-state index is -1.04. The molecule has 270 valence electrons. The normalized spacial score (nSPS) is 14.9. The molecule has 1 atom stereocenters. The van der Waals surface area contributed by atoms with Gasteiger partial charge >= 0.3 is 5.97 Å². The summed E-state index contributed by atoms with van der Waals surface area (Å²) in [6, 6.07) is -0.561. The maximum absolute atomic E-state index is 14.4. The van der Waals surface area contributed by atoms with Crippen LogP contribution in [0.25, 0.3) is 0 Å². The van der Waals surface area contributed by atoms with Crippen LogP contribution in [-0.4, -0.2) is 71.0 Å². The van der Waals surface area contributed by atoms with E-state index in [2.05, 4.69) is 37.9 Å². The summed E-state index contributed by atoms with van der Waals surface area (Å²) in [4.78, 5) is 44.2. The maximum atomic E-state index is 14.4. The minimum Gasteiger partial charge on any atom is -0.480 e. The van der Waals surface area contributed by atoms with Crippen LogP contribution in [-0.2, 0) is 14.4 Å². The molecule has 1 saturated heterocycles. The van der Waals surface area contributed by atoms with Gasteiger partial charge in [0.05, 0.1) is 0 Å². The quantitative estimate of drug-likeness (QED) is 0.0757. The first kappa shape index (κ1) is 42.4. The van der Waals surface area contributed by atoms with Gasteiger partial charge in [-0.25, -0.2) is 0 Å². The lowest BCUT2D eigenvalue weighted by molar-refractivity contribution is -0.148. The first-order chi connectivity index (χ1) is 22.4. The summed E-state index contributed by atoms with van der Waals surface area (Å²) < 4.78 is 0. The fourth-order valence-electron chi connectivity index (χ4n) is 7.29. The van der Waals surface area contributed by atoms with Crippen LogP contribution in [0.3, 0.4) is 0 Å². The van der Waals surface area contributed by atoms with Gasteiger partial charge in [-0.2, -0.15) is 0 Å². The van der Waals surface area contributed by atoms with E-state index in [1.165, 1.54) is 83.5 Å². The van der Waals surface area contributed by atoms with Gasteiger partial charge in [0, 0.05) is 12.5 Å². The number of carboxylic acid groups (broad SMARTS) is 1. The molecule has 0 aromatic heterocycles. The summed E-state index contributed by atoms with van der Waals surface area (Å²) in [5.41, 5.74) is 0. The van der Waals surface area contributed by atoms with E-state index in [1.807, 2.05) is 4.90 Å². The number of nitrogens with one attached hydrogen (secondary N) is 1. The fraction of sp³-hybridized carbons (Fsp3) is 0.923. The van der Waals surface area contributed by atoms with Crippen LogP contribution in [0.4, 0.5) is 0 Å². The second kappa shape index (κ2) is 28.4. The van der Waals surface area contributed by atoms with E-state index >= 15 is 0 Å². The number of rotatable bonds is 30. The standard InChI is InChI=1S/C39H75N3O4/c1-5-9-12-15-16-17-18-19-22-25-28-36(43)42(35(26-23-20-13-10-6-2)27-24-21-14-11-7-3)38(39(46)40-33-37(44)45)34-29-31-41(8-4)32-30-34/h34-35,38H,5-33H2,1-4H3,(H,40,46)(H,44,45). The Morgan fingerprint density at radius 1 is 0.674 bits per heavy atom. The van der Waals surface area contributed by atoms with Crippen molar-refractivity contribution in [1.29, 1.82) is 0 Å². The highest BCUT2D eigenvalue weighted by atomic mass is 16.4. The Balaban J connectivity index is 3.14. The number of carbonyl (C=O) groups is 3. The number of piperidine rings is 1. The number of unbranched alkanes of at least 4 members (excludes halogenated alkanes) is 17. The number of likely N-dealkylation sites (tertiary alicyclic amines) is 1. The van der Waals surface area contributed by atoms with Gasteiger partial charge in [-0.1, -0.05) is 150 Å². The third-order valence-electron chi connectivity index (χ3n) is 10.2. The zero-order valence-electron chi connectivity index (χ0n) is 30.8. The molecule has 1 heterocycles. The van der Waals surface area contributed by atoms with E-state index in [9.17, 15) is 19.5 Å². The van der Waals surface area contributed by atoms with Crippen LogP contribution in [0.1, 0.15) is 188 Å². The number of aliphatic carboxylic acids is 1. The molecule has 2 N–H and O–H groups in total. The van der Waals surface area contributed by atoms with Crippen molar-refractivity contribution in [2.24, 2.45) is 5.92 Å². The first-order valence-corrected chi connectivity index (χ1v) is 19.9. The molecule has 7 heteroatoms. The summed E-state index contributed by atoms with van der Waals surface area (Å²) >= 11 is 0. The lowest BCUT2D eigenvalue weighted by atomic mass is 9.85. The average Bonchev–Trinajstić information content (AvgIpc) is 3.06. The Kier molecular flexibility index (Phi) is 26.2. The topological polar surface area (TPSA) is 90.0 Å². The van der Waals surface area contributed by atoms with Crippen molar-refractivity contribution >= 4 is 17.8 Å². The smallest absolute Gasteiger partial charge is 0.322 e. The molecule has 1 aliphatic heterocycles. The van der Waals surface area contributed by atoms with Crippen molar-refractivity contribution in [3.63, 3.8) is 0 Å². The van der Waals surface area contributed by atoms with E-state index in [0.29, 0.717) is 6.42 Å². The molecule has 46 heavy (non-hydrogen) atoms. The van der Waals surface area contributed by atoms with Gasteiger partial charge in [0.15, 0.2) is 0 Å². The zero-order valence-corrected chi connectivity index (χ0v) is 30.8. The zero-order chi connectivity index (χ0) is 33.8. The molecule has 0 saturated carbocycles. The molecule has 1 fully saturated rings. The van der Waals surface area contributed by atoms with E-state index in [4.69, 9.17) is 0 Å². The highest BCUT2D eigenvalue weighted by Gasteiger charge is 2.40. The molecule has 0 radical (unpaired) electrons. The number of hydrogen-bond acceptors (Lipinski definition) is 4. The predicted molar refractivity (Wildman–Crippen MR) is 193 cm³/mol. The van der Waals surface area contributed by atoms with Crippen molar-refractivity contribution in [3.05, 3.63) is 0 Å². The first-order valence-electron chi connectivity index (χ1n) is 19.9. The molecule has 0 aromatic rings. The summed E-state index contributed by atoms with van der Waals surface area (Å²) in [6.07, 6.45) is 28.0. The fourth-order valence-corrected chi connectivity index (χ4v) is 7.29. The Labute approximate surface area is 284 Å². The Morgan fingerprint density at radius 3 is 1.54 bits per heavy atom. The van der Waals surface area contributed by atoms with Crippen molar-refractivity contribution in [1.82, 2.24) is 15.1 Å². The molecule has 0 aliphatic carbocycles. The summed E-state index contributed by atoms with van der Waals surface area (Å²) in [5, 5.41) is 12.1. The van der Waals surface area contributed by atoms with Crippen LogP contribution in [0.5, 0.6) is 0 Å². The average molecular weight is 650 g/mol. The van der Waals surface area contributed by atoms with Gasteiger partial charge in [0.25, 0.3) is 0 Å². The molecule has 1 aliphatic rings.